The van der Waals surface area contributed by atoms with Gasteiger partial charge in [-0.2, -0.15) is 17.0 Å². The van der Waals surface area contributed by atoms with Crippen LogP contribution in [0.5, 0.6) is 0 Å². The molecule has 1 aliphatic heterocycles. The second-order valence-electron chi connectivity index (χ2n) is 4.46. The minimum atomic E-state index is -3.24. The molecule has 5 nitrogen and oxygen atoms in total. The maximum atomic E-state index is 11.7. The highest BCUT2D eigenvalue weighted by Gasteiger charge is 2.22. The first-order chi connectivity index (χ1) is 7.44. The van der Waals surface area contributed by atoms with Crippen LogP contribution in [0.25, 0.3) is 0 Å². The summed E-state index contributed by atoms with van der Waals surface area (Å²) in [4.78, 5) is 0. The van der Waals surface area contributed by atoms with Crippen LogP contribution in [0.4, 0.5) is 0 Å². The quantitative estimate of drug-likeness (QED) is 0.715. The van der Waals surface area contributed by atoms with Gasteiger partial charge in [-0.25, -0.2) is 0 Å². The van der Waals surface area contributed by atoms with E-state index in [-0.39, 0.29) is 0 Å². The molecule has 0 saturated carbocycles. The van der Waals surface area contributed by atoms with Crippen LogP contribution >= 0.6 is 0 Å². The van der Waals surface area contributed by atoms with Crippen LogP contribution in [-0.2, 0) is 14.9 Å². The predicted octanol–water partition coefficient (Wildman–Crippen LogP) is 0.541. The van der Waals surface area contributed by atoms with Crippen LogP contribution in [0.3, 0.4) is 0 Å². The maximum Gasteiger partial charge on any atom is 0.281 e. The molecule has 1 heterocycles. The molecule has 0 aliphatic carbocycles. The van der Waals surface area contributed by atoms with Gasteiger partial charge in [0.25, 0.3) is 10.2 Å². The molecule has 0 amide bonds. The standard InChI is InChI=1S/C10H22N2O3S/c1-11(2)16(13,14)12(3)7-4-10-5-8-15-9-6-10/h10H,4-9H2,1-3H3. The zero-order valence-corrected chi connectivity index (χ0v) is 11.2. The first-order valence-corrected chi connectivity index (χ1v) is 7.06. The van der Waals surface area contributed by atoms with Gasteiger partial charge < -0.3 is 4.74 Å². The van der Waals surface area contributed by atoms with Crippen molar-refractivity contribution in [1.29, 1.82) is 0 Å². The van der Waals surface area contributed by atoms with E-state index in [2.05, 4.69) is 0 Å². The molecule has 0 bridgehead atoms. The molecule has 96 valence electrons. The summed E-state index contributed by atoms with van der Waals surface area (Å²) < 4.78 is 31.4. The number of rotatable bonds is 5. The molecule has 0 spiro atoms. The largest absolute Gasteiger partial charge is 0.381 e. The van der Waals surface area contributed by atoms with Crippen molar-refractivity contribution >= 4 is 10.2 Å². The third kappa shape index (κ3) is 3.69. The van der Waals surface area contributed by atoms with Gasteiger partial charge in [-0.15, -0.1) is 0 Å². The van der Waals surface area contributed by atoms with Gasteiger partial charge in [-0.05, 0) is 25.2 Å². The Hall–Kier alpha value is -0.170. The summed E-state index contributed by atoms with van der Waals surface area (Å²) in [7, 11) is 1.50. The second-order valence-corrected chi connectivity index (χ2v) is 6.71. The fourth-order valence-electron chi connectivity index (χ4n) is 1.79. The van der Waals surface area contributed by atoms with Crippen molar-refractivity contribution in [2.24, 2.45) is 5.92 Å². The van der Waals surface area contributed by atoms with Crippen LogP contribution in [0.2, 0.25) is 0 Å². The number of hydrogen-bond donors (Lipinski definition) is 0. The minimum Gasteiger partial charge on any atom is -0.381 e. The van der Waals surface area contributed by atoms with Crippen LogP contribution in [0.15, 0.2) is 0 Å². The van der Waals surface area contributed by atoms with Crippen molar-refractivity contribution in [2.45, 2.75) is 19.3 Å². The lowest BCUT2D eigenvalue weighted by Crippen LogP contribution is -2.38. The maximum absolute atomic E-state index is 11.7. The van der Waals surface area contributed by atoms with Gasteiger partial charge in [-0.3, -0.25) is 0 Å². The molecule has 0 unspecified atom stereocenters. The second kappa shape index (κ2) is 5.95. The average molecular weight is 250 g/mol. The molecule has 0 aromatic carbocycles. The predicted molar refractivity (Wildman–Crippen MR) is 63.4 cm³/mol. The molecule has 6 heteroatoms. The van der Waals surface area contributed by atoms with Gasteiger partial charge in [0.2, 0.25) is 0 Å². The van der Waals surface area contributed by atoms with Gasteiger partial charge in [0.15, 0.2) is 0 Å². The van der Waals surface area contributed by atoms with E-state index >= 15 is 0 Å². The van der Waals surface area contributed by atoms with Crippen LogP contribution in [-0.4, -0.2) is 57.9 Å². The zero-order chi connectivity index (χ0) is 12.2. The monoisotopic (exact) mass is 250 g/mol. The van der Waals surface area contributed by atoms with Gasteiger partial charge >= 0.3 is 0 Å². The molecule has 0 aromatic rings. The first-order valence-electron chi connectivity index (χ1n) is 5.66. The van der Waals surface area contributed by atoms with E-state index in [1.807, 2.05) is 0 Å². The summed E-state index contributed by atoms with van der Waals surface area (Å²) in [5, 5.41) is 0. The van der Waals surface area contributed by atoms with Gasteiger partial charge in [-0.1, -0.05) is 0 Å². The Labute approximate surface area is 98.5 Å². The molecule has 1 aliphatic rings. The molecule has 0 aromatic heterocycles. The molecule has 0 radical (unpaired) electrons. The fraction of sp³-hybridized carbons (Fsp3) is 1.00. The van der Waals surface area contributed by atoms with E-state index in [1.165, 1.54) is 8.61 Å². The van der Waals surface area contributed by atoms with Crippen molar-refractivity contribution in [2.75, 3.05) is 40.9 Å². The molecule has 1 fully saturated rings. The van der Waals surface area contributed by atoms with Gasteiger partial charge in [0, 0.05) is 40.9 Å². The molecular weight excluding hydrogens is 228 g/mol. The van der Waals surface area contributed by atoms with Gasteiger partial charge in [0.1, 0.15) is 0 Å². The van der Waals surface area contributed by atoms with Crippen LogP contribution in [0, 0.1) is 5.92 Å². The first kappa shape index (κ1) is 13.9. The number of hydrogen-bond acceptors (Lipinski definition) is 3. The Morgan fingerprint density at radius 3 is 2.25 bits per heavy atom. The summed E-state index contributed by atoms with van der Waals surface area (Å²) in [5.41, 5.74) is 0. The topological polar surface area (TPSA) is 49.9 Å². The van der Waals surface area contributed by atoms with E-state index in [0.29, 0.717) is 12.5 Å². The number of ether oxygens (including phenoxy) is 1. The van der Waals surface area contributed by atoms with Crippen molar-refractivity contribution in [3.8, 4) is 0 Å². The van der Waals surface area contributed by atoms with Crippen molar-refractivity contribution in [3.05, 3.63) is 0 Å². The normalized spacial score (nSPS) is 19.6. The Bertz CT molecular complexity index is 297. The highest BCUT2D eigenvalue weighted by molar-refractivity contribution is 7.86. The van der Waals surface area contributed by atoms with E-state index in [9.17, 15) is 8.42 Å². The lowest BCUT2D eigenvalue weighted by Gasteiger charge is -2.26. The van der Waals surface area contributed by atoms with E-state index in [1.54, 1.807) is 21.1 Å². The van der Waals surface area contributed by atoms with Crippen molar-refractivity contribution < 1.29 is 13.2 Å². The summed E-state index contributed by atoms with van der Waals surface area (Å²) in [5.74, 6) is 0.605. The Morgan fingerprint density at radius 1 is 1.19 bits per heavy atom. The van der Waals surface area contributed by atoms with Gasteiger partial charge in [0.05, 0.1) is 0 Å². The van der Waals surface area contributed by atoms with Crippen molar-refractivity contribution in [3.63, 3.8) is 0 Å². The van der Waals surface area contributed by atoms with E-state index < -0.39 is 10.2 Å². The highest BCUT2D eigenvalue weighted by atomic mass is 32.2. The Morgan fingerprint density at radius 2 is 1.75 bits per heavy atom. The molecule has 1 saturated heterocycles. The molecule has 0 atom stereocenters. The molecular formula is C10H22N2O3S. The molecule has 1 rings (SSSR count). The van der Waals surface area contributed by atoms with E-state index in [4.69, 9.17) is 4.74 Å². The van der Waals surface area contributed by atoms with Crippen molar-refractivity contribution in [1.82, 2.24) is 8.61 Å². The Kier molecular flexibility index (Phi) is 5.17. The fourth-order valence-corrected chi connectivity index (χ4v) is 2.69. The number of nitrogens with zero attached hydrogens (tertiary/aromatic N) is 2. The van der Waals surface area contributed by atoms with Crippen LogP contribution < -0.4 is 0 Å². The van der Waals surface area contributed by atoms with E-state index in [0.717, 1.165) is 32.5 Å². The summed E-state index contributed by atoms with van der Waals surface area (Å²) in [6.45, 7) is 2.22. The zero-order valence-electron chi connectivity index (χ0n) is 10.3. The molecule has 16 heavy (non-hydrogen) atoms. The molecule has 0 N–H and O–H groups in total. The lowest BCUT2D eigenvalue weighted by atomic mass is 9.97. The average Bonchev–Trinajstić information content (AvgIpc) is 2.27. The summed E-state index contributed by atoms with van der Waals surface area (Å²) in [6, 6.07) is 0. The highest BCUT2D eigenvalue weighted by Crippen LogP contribution is 2.19. The summed E-state index contributed by atoms with van der Waals surface area (Å²) >= 11 is 0. The third-order valence-corrected chi connectivity index (χ3v) is 4.94. The Balaban J connectivity index is 2.37. The minimum absolute atomic E-state index is 0.588. The summed E-state index contributed by atoms with van der Waals surface area (Å²) in [6.07, 6.45) is 3.03. The lowest BCUT2D eigenvalue weighted by molar-refractivity contribution is 0.0627. The SMILES string of the molecule is CN(C)S(=O)(=O)N(C)CCC1CCOCC1. The smallest absolute Gasteiger partial charge is 0.281 e. The van der Waals surface area contributed by atoms with Crippen LogP contribution in [0.1, 0.15) is 19.3 Å². The third-order valence-electron chi connectivity index (χ3n) is 3.05.